The number of hydrogen-bond acceptors (Lipinski definition) is 3. The van der Waals surface area contributed by atoms with Crippen molar-refractivity contribution in [1.82, 2.24) is 14.9 Å². The summed E-state index contributed by atoms with van der Waals surface area (Å²) in [6, 6.07) is 2.05. The van der Waals surface area contributed by atoms with Crippen molar-refractivity contribution in [2.45, 2.75) is 32.4 Å². The van der Waals surface area contributed by atoms with Gasteiger partial charge in [0.1, 0.15) is 11.9 Å². The highest BCUT2D eigenvalue weighted by molar-refractivity contribution is 5.00. The molecule has 0 aromatic carbocycles. The summed E-state index contributed by atoms with van der Waals surface area (Å²) in [5.74, 6) is 1.42. The first-order valence-corrected chi connectivity index (χ1v) is 4.77. The monoisotopic (exact) mass is 192 g/mol. The molecule has 1 rings (SSSR count). The van der Waals surface area contributed by atoms with Crippen molar-refractivity contribution >= 4 is 0 Å². The summed E-state index contributed by atoms with van der Waals surface area (Å²) in [5, 5.41) is 11.8. The highest BCUT2D eigenvalue weighted by Gasteiger charge is 2.10. The van der Waals surface area contributed by atoms with Crippen molar-refractivity contribution in [3.05, 3.63) is 18.2 Å². The fraction of sp³-hybridized carbons (Fsp3) is 0.600. The smallest absolute Gasteiger partial charge is 0.113 e. The molecule has 0 amide bonds. The third-order valence-electron chi connectivity index (χ3n) is 2.15. The largest absolute Gasteiger partial charge is 0.332 e. The van der Waals surface area contributed by atoms with Gasteiger partial charge >= 0.3 is 0 Å². The second-order valence-electron chi connectivity index (χ2n) is 3.56. The topological polar surface area (TPSA) is 53.6 Å². The average molecular weight is 192 g/mol. The van der Waals surface area contributed by atoms with E-state index in [1.807, 2.05) is 10.8 Å². The Bertz CT molecular complexity index is 321. The summed E-state index contributed by atoms with van der Waals surface area (Å²) in [7, 11) is 1.79. The molecule has 76 valence electrons. The highest BCUT2D eigenvalue weighted by Crippen LogP contribution is 2.11. The number of imidazole rings is 1. The standard InChI is InChI=1S/C10H16N4/c1-8(2)10-13-4-5-14(10)7-9(6-11)12-3/h4-5,8-9,12H,7H2,1-3H3. The second kappa shape index (κ2) is 4.77. The van der Waals surface area contributed by atoms with Crippen LogP contribution in [0.25, 0.3) is 0 Å². The van der Waals surface area contributed by atoms with Crippen LogP contribution in [0.5, 0.6) is 0 Å². The zero-order chi connectivity index (χ0) is 10.6. The van der Waals surface area contributed by atoms with Crippen molar-refractivity contribution < 1.29 is 0 Å². The summed E-state index contributed by atoms with van der Waals surface area (Å²) in [4.78, 5) is 4.26. The van der Waals surface area contributed by atoms with Gasteiger partial charge in [-0.1, -0.05) is 13.8 Å². The lowest BCUT2D eigenvalue weighted by molar-refractivity contribution is 0.535. The number of nitrogens with one attached hydrogen (secondary N) is 1. The fourth-order valence-electron chi connectivity index (χ4n) is 1.37. The van der Waals surface area contributed by atoms with Crippen LogP contribution < -0.4 is 5.32 Å². The molecule has 0 saturated heterocycles. The van der Waals surface area contributed by atoms with Gasteiger partial charge in [0.05, 0.1) is 12.6 Å². The molecule has 0 spiro atoms. The summed E-state index contributed by atoms with van der Waals surface area (Å²) < 4.78 is 2.02. The number of hydrogen-bond donors (Lipinski definition) is 1. The number of rotatable bonds is 4. The molecule has 1 unspecified atom stereocenters. The molecule has 1 atom stereocenters. The Hall–Kier alpha value is -1.34. The van der Waals surface area contributed by atoms with Crippen LogP contribution in [0.2, 0.25) is 0 Å². The lowest BCUT2D eigenvalue weighted by atomic mass is 10.2. The molecule has 4 heteroatoms. The van der Waals surface area contributed by atoms with Crippen molar-refractivity contribution in [2.75, 3.05) is 7.05 Å². The molecule has 0 aliphatic heterocycles. The SMILES string of the molecule is CNC(C#N)Cn1ccnc1C(C)C. The second-order valence-corrected chi connectivity index (χ2v) is 3.56. The van der Waals surface area contributed by atoms with Gasteiger partial charge in [-0.25, -0.2) is 4.98 Å². The zero-order valence-corrected chi connectivity index (χ0v) is 8.86. The number of nitrogens with zero attached hydrogens (tertiary/aromatic N) is 3. The van der Waals surface area contributed by atoms with Gasteiger partial charge in [-0.15, -0.1) is 0 Å². The first-order chi connectivity index (χ1) is 6.69. The summed E-state index contributed by atoms with van der Waals surface area (Å²) in [5.41, 5.74) is 0. The van der Waals surface area contributed by atoms with Crippen LogP contribution in [0.1, 0.15) is 25.6 Å². The Kier molecular flexibility index (Phi) is 3.66. The van der Waals surface area contributed by atoms with Crippen molar-refractivity contribution in [3.8, 4) is 6.07 Å². The minimum atomic E-state index is -0.151. The maximum Gasteiger partial charge on any atom is 0.113 e. The maximum atomic E-state index is 8.81. The molecule has 0 aliphatic carbocycles. The van der Waals surface area contributed by atoms with E-state index in [0.717, 1.165) is 5.82 Å². The van der Waals surface area contributed by atoms with Crippen LogP contribution in [-0.4, -0.2) is 22.6 Å². The summed E-state index contributed by atoms with van der Waals surface area (Å²) in [6.07, 6.45) is 3.69. The predicted octanol–water partition coefficient (Wildman–Crippen LogP) is 1.12. The van der Waals surface area contributed by atoms with E-state index in [1.54, 1.807) is 13.2 Å². The van der Waals surface area contributed by atoms with Gasteiger partial charge in [0.25, 0.3) is 0 Å². The average Bonchev–Trinajstić information content (AvgIpc) is 2.62. The molecule has 14 heavy (non-hydrogen) atoms. The van der Waals surface area contributed by atoms with E-state index >= 15 is 0 Å². The minimum absolute atomic E-state index is 0.151. The van der Waals surface area contributed by atoms with Gasteiger partial charge in [-0.2, -0.15) is 5.26 Å². The molecule has 4 nitrogen and oxygen atoms in total. The van der Waals surface area contributed by atoms with Crippen LogP contribution in [0.3, 0.4) is 0 Å². The molecule has 0 saturated carbocycles. The number of aromatic nitrogens is 2. The van der Waals surface area contributed by atoms with Gasteiger partial charge in [0, 0.05) is 18.3 Å². The number of likely N-dealkylation sites (N-methyl/N-ethyl adjacent to an activating group) is 1. The highest BCUT2D eigenvalue weighted by atomic mass is 15.1. The van der Waals surface area contributed by atoms with Gasteiger partial charge in [0.2, 0.25) is 0 Å². The lowest BCUT2D eigenvalue weighted by Gasteiger charge is -2.13. The molecule has 1 aromatic rings. The molecule has 1 heterocycles. The van der Waals surface area contributed by atoms with E-state index in [-0.39, 0.29) is 6.04 Å². The van der Waals surface area contributed by atoms with Crippen LogP contribution in [0.15, 0.2) is 12.4 Å². The van der Waals surface area contributed by atoms with Crippen molar-refractivity contribution in [2.24, 2.45) is 0 Å². The van der Waals surface area contributed by atoms with E-state index in [4.69, 9.17) is 5.26 Å². The van der Waals surface area contributed by atoms with Gasteiger partial charge < -0.3 is 9.88 Å². The lowest BCUT2D eigenvalue weighted by Crippen LogP contribution is -2.29. The van der Waals surface area contributed by atoms with Gasteiger partial charge in [-0.3, -0.25) is 0 Å². The van der Waals surface area contributed by atoms with E-state index < -0.39 is 0 Å². The Morgan fingerprint density at radius 3 is 2.86 bits per heavy atom. The van der Waals surface area contributed by atoms with Crippen LogP contribution in [-0.2, 0) is 6.54 Å². The van der Waals surface area contributed by atoms with Crippen molar-refractivity contribution in [3.63, 3.8) is 0 Å². The van der Waals surface area contributed by atoms with E-state index in [1.165, 1.54) is 0 Å². The molecule has 1 aromatic heterocycles. The Morgan fingerprint density at radius 2 is 2.36 bits per heavy atom. The molecule has 0 radical (unpaired) electrons. The van der Waals surface area contributed by atoms with E-state index in [0.29, 0.717) is 12.5 Å². The molecular formula is C10H16N4. The minimum Gasteiger partial charge on any atom is -0.332 e. The Labute approximate surface area is 84.6 Å². The normalized spacial score (nSPS) is 12.8. The fourth-order valence-corrected chi connectivity index (χ4v) is 1.37. The van der Waals surface area contributed by atoms with Gasteiger partial charge in [-0.05, 0) is 7.05 Å². The molecular weight excluding hydrogens is 176 g/mol. The van der Waals surface area contributed by atoms with Crippen molar-refractivity contribution in [1.29, 1.82) is 5.26 Å². The van der Waals surface area contributed by atoms with Gasteiger partial charge in [0.15, 0.2) is 0 Å². The third kappa shape index (κ3) is 2.33. The number of nitriles is 1. The Balaban J connectivity index is 2.76. The maximum absolute atomic E-state index is 8.81. The van der Waals surface area contributed by atoms with E-state index in [2.05, 4.69) is 30.2 Å². The molecule has 0 bridgehead atoms. The quantitative estimate of drug-likeness (QED) is 0.777. The summed E-state index contributed by atoms with van der Waals surface area (Å²) >= 11 is 0. The van der Waals surface area contributed by atoms with Crippen LogP contribution in [0.4, 0.5) is 0 Å². The van der Waals surface area contributed by atoms with E-state index in [9.17, 15) is 0 Å². The van der Waals surface area contributed by atoms with Crippen LogP contribution >= 0.6 is 0 Å². The first-order valence-electron chi connectivity index (χ1n) is 4.77. The molecule has 0 aliphatic rings. The first kappa shape index (κ1) is 10.7. The predicted molar refractivity (Wildman–Crippen MR) is 54.8 cm³/mol. The molecule has 1 N–H and O–H groups in total. The third-order valence-corrected chi connectivity index (χ3v) is 2.15. The van der Waals surface area contributed by atoms with Crippen LogP contribution in [0, 0.1) is 11.3 Å². The summed E-state index contributed by atoms with van der Waals surface area (Å²) in [6.45, 7) is 4.85. The zero-order valence-electron chi connectivity index (χ0n) is 8.86. The Morgan fingerprint density at radius 1 is 1.64 bits per heavy atom. The molecule has 0 fully saturated rings.